The van der Waals surface area contributed by atoms with Crippen molar-refractivity contribution in [2.24, 2.45) is 29.1 Å². The molecule has 1 saturated heterocycles. The number of hydrogen-bond donors (Lipinski definition) is 1. The Balaban J connectivity index is 1.40. The normalized spacial score (nSPS) is 30.8. The highest BCUT2D eigenvalue weighted by Gasteiger charge is 2.64. The summed E-state index contributed by atoms with van der Waals surface area (Å²) in [5.74, 6) is -2.84. The van der Waals surface area contributed by atoms with Gasteiger partial charge in [-0.2, -0.15) is 0 Å². The van der Waals surface area contributed by atoms with Gasteiger partial charge in [-0.15, -0.1) is 0 Å². The minimum absolute atomic E-state index is 0.0484. The number of rotatable bonds is 3. The van der Waals surface area contributed by atoms with Gasteiger partial charge < -0.3 is 5.11 Å². The Labute approximate surface area is 244 Å². The number of benzene rings is 3. The van der Waals surface area contributed by atoms with Crippen molar-refractivity contribution in [3.8, 4) is 5.75 Å². The summed E-state index contributed by atoms with van der Waals surface area (Å²) >= 11 is 0. The van der Waals surface area contributed by atoms with Gasteiger partial charge in [0.15, 0.2) is 11.6 Å². The number of phenols is 1. The summed E-state index contributed by atoms with van der Waals surface area (Å²) in [6.45, 7) is 5.59. The summed E-state index contributed by atoms with van der Waals surface area (Å²) < 4.78 is 0. The highest BCUT2D eigenvalue weighted by atomic mass is 16.3. The van der Waals surface area contributed by atoms with Crippen molar-refractivity contribution in [3.63, 3.8) is 0 Å². The van der Waals surface area contributed by atoms with Crippen LogP contribution in [0.15, 0.2) is 89.5 Å². The number of Topliss-reactive ketones (excluding diaryl/α,β-unsaturated/α-hetero) is 2. The van der Waals surface area contributed by atoms with Gasteiger partial charge in [-0.1, -0.05) is 79.2 Å². The lowest BCUT2D eigenvalue weighted by atomic mass is 9.46. The van der Waals surface area contributed by atoms with Gasteiger partial charge in [0, 0.05) is 17.2 Å². The number of carbonyl (C=O) groups excluding carboxylic acids is 4. The highest BCUT2D eigenvalue weighted by molar-refractivity contribution is 6.16. The predicted molar refractivity (Wildman–Crippen MR) is 158 cm³/mol. The molecule has 2 amide bonds. The fourth-order valence-corrected chi connectivity index (χ4v) is 8.47. The van der Waals surface area contributed by atoms with E-state index in [-0.39, 0.29) is 41.6 Å². The Kier molecular flexibility index (Phi) is 5.91. The fourth-order valence-electron chi connectivity index (χ4n) is 8.47. The number of fused-ring (bicyclic) bond motifs is 5. The smallest absolute Gasteiger partial charge is 0.234 e. The molecule has 0 bridgehead atoms. The van der Waals surface area contributed by atoms with E-state index in [1.165, 1.54) is 4.90 Å². The minimum atomic E-state index is -1.06. The Morgan fingerprint density at radius 3 is 2.26 bits per heavy atom. The van der Waals surface area contributed by atoms with Gasteiger partial charge in [0.2, 0.25) is 11.8 Å². The van der Waals surface area contributed by atoms with E-state index in [1.807, 2.05) is 67.6 Å². The van der Waals surface area contributed by atoms with E-state index in [0.29, 0.717) is 29.4 Å². The molecule has 7 rings (SSSR count). The first-order chi connectivity index (χ1) is 20.1. The van der Waals surface area contributed by atoms with Crippen molar-refractivity contribution in [1.82, 2.24) is 4.90 Å². The zero-order chi connectivity index (χ0) is 29.5. The summed E-state index contributed by atoms with van der Waals surface area (Å²) in [6, 6.07) is 20.6. The number of allylic oxidation sites excluding steroid dienone is 4. The lowest BCUT2D eigenvalue weighted by molar-refractivity contribution is -0.143. The third-order valence-electron chi connectivity index (χ3n) is 10.7. The molecule has 1 N–H and O–H groups in total. The zero-order valence-electron chi connectivity index (χ0n) is 24.0. The van der Waals surface area contributed by atoms with E-state index in [9.17, 15) is 24.3 Å². The highest BCUT2D eigenvalue weighted by Crippen LogP contribution is 2.63. The van der Waals surface area contributed by atoms with E-state index >= 15 is 0 Å². The van der Waals surface area contributed by atoms with Gasteiger partial charge in [-0.3, -0.25) is 24.1 Å². The van der Waals surface area contributed by atoms with Crippen molar-refractivity contribution in [2.75, 3.05) is 0 Å². The minimum Gasteiger partial charge on any atom is -0.507 e. The molecule has 0 spiro atoms. The van der Waals surface area contributed by atoms with Crippen molar-refractivity contribution >= 4 is 34.2 Å². The second-order valence-electron chi connectivity index (χ2n) is 12.6. The van der Waals surface area contributed by atoms with Crippen molar-refractivity contribution in [1.29, 1.82) is 0 Å². The number of nitrogens with zero attached hydrogens (tertiary/aromatic N) is 1. The molecule has 3 aliphatic carbocycles. The molecule has 2 fully saturated rings. The molecule has 1 saturated carbocycles. The van der Waals surface area contributed by atoms with Crippen LogP contribution in [-0.4, -0.2) is 33.4 Å². The van der Waals surface area contributed by atoms with E-state index < -0.39 is 29.1 Å². The molecule has 0 radical (unpaired) electrons. The molecule has 6 nitrogen and oxygen atoms in total. The first-order valence-electron chi connectivity index (χ1n) is 14.7. The van der Waals surface area contributed by atoms with Crippen molar-refractivity contribution in [3.05, 3.63) is 101 Å². The maximum atomic E-state index is 14.3. The van der Waals surface area contributed by atoms with E-state index in [0.717, 1.165) is 22.1 Å². The Morgan fingerprint density at radius 2 is 1.52 bits per heavy atom. The predicted octanol–water partition coefficient (Wildman–Crippen LogP) is 5.89. The van der Waals surface area contributed by atoms with Gasteiger partial charge in [-0.05, 0) is 66.3 Å². The molecule has 6 heteroatoms. The lowest BCUT2D eigenvalue weighted by Gasteiger charge is -2.54. The molecular weight excluding hydrogens is 526 g/mol. The SMILES string of the molecule is CC1=C(C)C(=O)[C@@]2(C)[C@@H](c3ccc(O)c4ccccc34)C3=CC[C@@H]4C(=O)N(Cc5ccccc5)C(=O)[C@@H]4[C@@H]3C[C@H]2C1=O. The van der Waals surface area contributed by atoms with E-state index in [2.05, 4.69) is 6.08 Å². The van der Waals surface area contributed by atoms with Crippen LogP contribution in [-0.2, 0) is 25.7 Å². The quantitative estimate of drug-likeness (QED) is 0.319. The van der Waals surface area contributed by atoms with Gasteiger partial charge in [0.1, 0.15) is 5.75 Å². The standard InChI is InChI=1S/C36H33NO5/c1-19-20(2)33(40)36(3)28(32(19)39)17-27-25(31(36)24-15-16-29(38)23-12-8-7-11-22(23)24)13-14-26-30(27)35(42)37(34(26)41)18-21-9-5-4-6-10-21/h4-13,15-16,26-28,30-31,38H,14,17-18H2,1-3H3/t26-,27+,28-,30-,31-,36+/m0/s1. The van der Waals surface area contributed by atoms with Gasteiger partial charge in [0.05, 0.1) is 23.8 Å². The zero-order valence-corrected chi connectivity index (χ0v) is 24.0. The number of likely N-dealkylation sites (tertiary alicyclic amines) is 1. The molecular formula is C36H33NO5. The number of imide groups is 1. The Hall–Kier alpha value is -4.32. The Bertz CT molecular complexity index is 1770. The molecule has 212 valence electrons. The van der Waals surface area contributed by atoms with Crippen LogP contribution in [0.3, 0.4) is 0 Å². The van der Waals surface area contributed by atoms with Crippen LogP contribution in [0.2, 0.25) is 0 Å². The average Bonchev–Trinajstić information content (AvgIpc) is 3.24. The summed E-state index contributed by atoms with van der Waals surface area (Å²) in [4.78, 5) is 57.4. The molecule has 0 aromatic heterocycles. The monoisotopic (exact) mass is 559 g/mol. The summed E-state index contributed by atoms with van der Waals surface area (Å²) in [6.07, 6.45) is 2.84. The maximum absolute atomic E-state index is 14.3. The van der Waals surface area contributed by atoms with Crippen molar-refractivity contribution < 1.29 is 24.3 Å². The number of carbonyl (C=O) groups is 4. The second kappa shape index (κ2) is 9.35. The molecule has 3 aromatic rings. The maximum Gasteiger partial charge on any atom is 0.234 e. The number of amides is 2. The van der Waals surface area contributed by atoms with Crippen LogP contribution in [0, 0.1) is 29.1 Å². The topological polar surface area (TPSA) is 91.8 Å². The summed E-state index contributed by atoms with van der Waals surface area (Å²) in [5, 5.41) is 12.2. The van der Waals surface area contributed by atoms with Crippen LogP contribution >= 0.6 is 0 Å². The lowest BCUT2D eigenvalue weighted by Crippen LogP contribution is -2.55. The van der Waals surface area contributed by atoms with Gasteiger partial charge in [0.25, 0.3) is 0 Å². The van der Waals surface area contributed by atoms with Crippen LogP contribution in [0.25, 0.3) is 10.8 Å². The molecule has 0 unspecified atom stereocenters. The average molecular weight is 560 g/mol. The second-order valence-corrected chi connectivity index (χ2v) is 12.6. The van der Waals surface area contributed by atoms with Crippen LogP contribution in [0.4, 0.5) is 0 Å². The summed E-state index contributed by atoms with van der Waals surface area (Å²) in [7, 11) is 0. The Morgan fingerprint density at radius 1 is 0.833 bits per heavy atom. The van der Waals surface area contributed by atoms with E-state index in [1.54, 1.807) is 19.9 Å². The molecule has 42 heavy (non-hydrogen) atoms. The first kappa shape index (κ1) is 26.6. The molecule has 6 atom stereocenters. The van der Waals surface area contributed by atoms with E-state index in [4.69, 9.17) is 0 Å². The number of aromatic hydroxyl groups is 1. The largest absolute Gasteiger partial charge is 0.507 e. The van der Waals surface area contributed by atoms with Gasteiger partial charge in [-0.25, -0.2) is 0 Å². The molecule has 1 heterocycles. The first-order valence-corrected chi connectivity index (χ1v) is 14.7. The fraction of sp³-hybridized carbons (Fsp3) is 0.333. The third kappa shape index (κ3) is 3.50. The number of phenolic OH excluding ortho intramolecular Hbond substituents is 1. The molecule has 4 aliphatic rings. The number of hydrogen-bond acceptors (Lipinski definition) is 5. The third-order valence-corrected chi connectivity index (χ3v) is 10.7. The van der Waals surface area contributed by atoms with Crippen molar-refractivity contribution in [2.45, 2.75) is 46.1 Å². The summed E-state index contributed by atoms with van der Waals surface area (Å²) in [5.41, 5.74) is 2.61. The van der Waals surface area contributed by atoms with Crippen LogP contribution in [0.1, 0.15) is 50.7 Å². The van der Waals surface area contributed by atoms with Gasteiger partial charge >= 0.3 is 0 Å². The number of ketones is 2. The molecule has 3 aromatic carbocycles. The molecule has 1 aliphatic heterocycles. The van der Waals surface area contributed by atoms with Crippen LogP contribution < -0.4 is 0 Å². The van der Waals surface area contributed by atoms with Crippen LogP contribution in [0.5, 0.6) is 5.75 Å².